The van der Waals surface area contributed by atoms with Crippen LogP contribution in [0.5, 0.6) is 0 Å². The number of rotatable bonds is 6. The number of alkyl halides is 3. The van der Waals surface area contributed by atoms with E-state index in [1.165, 1.54) is 40.2 Å². The monoisotopic (exact) mass is 510 g/mol. The third-order valence-electron chi connectivity index (χ3n) is 5.36. The fraction of sp³-hybridized carbons (Fsp3) is 0.350. The van der Waals surface area contributed by atoms with E-state index in [-0.39, 0.29) is 51.3 Å². The summed E-state index contributed by atoms with van der Waals surface area (Å²) in [5.41, 5.74) is -0.748. The second-order valence-electron chi connectivity index (χ2n) is 7.84. The Labute approximate surface area is 197 Å². The molecule has 1 N–H and O–H groups in total. The minimum atomic E-state index is -4.67. The quantitative estimate of drug-likeness (QED) is 0.417. The van der Waals surface area contributed by atoms with Gasteiger partial charge in [0.05, 0.1) is 29.5 Å². The maximum atomic E-state index is 13.2. The molecule has 0 spiro atoms. The van der Waals surface area contributed by atoms with Crippen LogP contribution in [0.4, 0.5) is 19.0 Å². The number of anilines is 1. The zero-order valence-corrected chi connectivity index (χ0v) is 19.9. The molecular formula is C20H21F3N8O3S. The number of hydrogen-bond donors (Lipinski definition) is 1. The zero-order valence-electron chi connectivity index (χ0n) is 19.1. The highest BCUT2D eigenvalue weighted by atomic mass is 32.2. The smallest absolute Gasteiger partial charge is 0.361 e. The van der Waals surface area contributed by atoms with E-state index in [9.17, 15) is 26.4 Å². The molecule has 0 saturated carbocycles. The number of aryl methyl sites for hydroxylation is 1. The Bertz CT molecular complexity index is 1560. The topological polar surface area (TPSA) is 127 Å². The van der Waals surface area contributed by atoms with Gasteiger partial charge in [0, 0.05) is 27.3 Å². The molecule has 0 saturated heterocycles. The molecule has 0 aliphatic carbocycles. The summed E-state index contributed by atoms with van der Waals surface area (Å²) in [6.07, 6.45) is -2.24. The van der Waals surface area contributed by atoms with Crippen molar-refractivity contribution in [2.24, 2.45) is 7.05 Å². The summed E-state index contributed by atoms with van der Waals surface area (Å²) in [5.74, 6) is -0.164. The van der Waals surface area contributed by atoms with Crippen LogP contribution in [0.1, 0.15) is 12.6 Å². The van der Waals surface area contributed by atoms with Crippen molar-refractivity contribution in [1.82, 2.24) is 34.0 Å². The highest BCUT2D eigenvalue weighted by Gasteiger charge is 2.34. The van der Waals surface area contributed by atoms with E-state index < -0.39 is 21.7 Å². The van der Waals surface area contributed by atoms with Crippen LogP contribution in [0, 0.1) is 0 Å². The van der Waals surface area contributed by atoms with Gasteiger partial charge in [-0.15, -0.1) is 0 Å². The Kier molecular flexibility index (Phi) is 5.91. The molecule has 4 aromatic heterocycles. The minimum absolute atomic E-state index is 0.0186. The molecule has 11 nitrogen and oxygen atoms in total. The molecule has 0 bridgehead atoms. The van der Waals surface area contributed by atoms with Crippen LogP contribution < -0.4 is 5.32 Å². The Balaban J connectivity index is 1.97. The molecule has 35 heavy (non-hydrogen) atoms. The van der Waals surface area contributed by atoms with Crippen molar-refractivity contribution >= 4 is 38.2 Å². The lowest BCUT2D eigenvalue weighted by molar-refractivity contribution is -0.141. The van der Waals surface area contributed by atoms with Gasteiger partial charge in [0.15, 0.2) is 20.5 Å². The number of imidazole rings is 1. The number of nitrogens with zero attached hydrogens (tertiary/aromatic N) is 7. The number of carbonyl (C=O) groups is 1. The molecule has 0 aliphatic rings. The number of pyridine rings is 1. The normalized spacial score (nSPS) is 12.4. The fourth-order valence-corrected chi connectivity index (χ4v) is 4.37. The van der Waals surface area contributed by atoms with Crippen LogP contribution in [0.2, 0.25) is 0 Å². The molecule has 4 aromatic rings. The molecule has 0 aromatic carbocycles. The number of sulfone groups is 1. The van der Waals surface area contributed by atoms with E-state index in [4.69, 9.17) is 0 Å². The number of nitrogens with one attached hydrogen (secondary N) is 1. The minimum Gasteiger partial charge on any atom is -0.361 e. The van der Waals surface area contributed by atoms with Gasteiger partial charge in [-0.25, -0.2) is 23.4 Å². The van der Waals surface area contributed by atoms with Crippen LogP contribution in [0.15, 0.2) is 29.6 Å². The molecule has 15 heteroatoms. The number of likely N-dealkylation sites (N-methyl/N-ethyl adjacent to an activating group) is 1. The Hall–Kier alpha value is -3.75. The number of fused-ring (bicyclic) bond motifs is 2. The third-order valence-corrected chi connectivity index (χ3v) is 7.00. The van der Waals surface area contributed by atoms with Gasteiger partial charge in [0.25, 0.3) is 0 Å². The highest BCUT2D eigenvalue weighted by molar-refractivity contribution is 7.91. The van der Waals surface area contributed by atoms with Crippen molar-refractivity contribution in [1.29, 1.82) is 0 Å². The number of carbonyl (C=O) groups excluding carboxylic acids is 1. The largest absolute Gasteiger partial charge is 0.433 e. The Morgan fingerprint density at radius 2 is 1.94 bits per heavy atom. The molecule has 4 rings (SSSR count). The summed E-state index contributed by atoms with van der Waals surface area (Å²) in [4.78, 5) is 25.4. The second kappa shape index (κ2) is 8.48. The van der Waals surface area contributed by atoms with Crippen molar-refractivity contribution in [2.45, 2.75) is 18.1 Å². The average molecular weight is 511 g/mol. The lowest BCUT2D eigenvalue weighted by Crippen LogP contribution is -2.29. The first-order chi connectivity index (χ1) is 16.3. The standard InChI is InChI=1S/C20H21F3N8O3S/c1-5-35(33,34)19-16(17-24-7-6-14(31(17)28-19)26-10-15(32)29(2)3)18-27-11-8-13(20(21,22)23)25-9-12(11)30(18)4/h6-9,26H,5,10H2,1-4H3. The summed E-state index contributed by atoms with van der Waals surface area (Å²) < 4.78 is 68.1. The molecule has 4 heterocycles. The van der Waals surface area contributed by atoms with Gasteiger partial charge in [-0.05, 0) is 12.1 Å². The predicted octanol–water partition coefficient (Wildman–Crippen LogP) is 1.99. The maximum absolute atomic E-state index is 13.2. The van der Waals surface area contributed by atoms with Gasteiger partial charge in [0.1, 0.15) is 22.9 Å². The lowest BCUT2D eigenvalue weighted by Gasteiger charge is -2.12. The zero-order chi connectivity index (χ0) is 25.7. The number of amides is 1. The van der Waals surface area contributed by atoms with Crippen molar-refractivity contribution in [2.75, 3.05) is 31.7 Å². The third kappa shape index (κ3) is 4.26. The predicted molar refractivity (Wildman–Crippen MR) is 120 cm³/mol. The first-order valence-electron chi connectivity index (χ1n) is 10.3. The first-order valence-corrected chi connectivity index (χ1v) is 11.9. The van der Waals surface area contributed by atoms with E-state index in [0.717, 1.165) is 12.3 Å². The van der Waals surface area contributed by atoms with E-state index in [0.29, 0.717) is 5.82 Å². The first kappa shape index (κ1) is 24.4. The molecular weight excluding hydrogens is 489 g/mol. The van der Waals surface area contributed by atoms with Gasteiger partial charge >= 0.3 is 6.18 Å². The molecule has 0 atom stereocenters. The van der Waals surface area contributed by atoms with Crippen LogP contribution >= 0.6 is 0 Å². The summed E-state index contributed by atoms with van der Waals surface area (Å²) in [5, 5.41) is 6.83. The van der Waals surface area contributed by atoms with Gasteiger partial charge < -0.3 is 14.8 Å². The summed E-state index contributed by atoms with van der Waals surface area (Å²) in [6, 6.07) is 2.31. The average Bonchev–Trinajstić information content (AvgIpc) is 3.35. The lowest BCUT2D eigenvalue weighted by atomic mass is 10.3. The van der Waals surface area contributed by atoms with E-state index in [2.05, 4.69) is 25.4 Å². The van der Waals surface area contributed by atoms with Gasteiger partial charge in [-0.1, -0.05) is 6.92 Å². The highest BCUT2D eigenvalue weighted by Crippen LogP contribution is 2.35. The van der Waals surface area contributed by atoms with Gasteiger partial charge in [-0.2, -0.15) is 22.8 Å². The number of hydrogen-bond acceptors (Lipinski definition) is 8. The van der Waals surface area contributed by atoms with Crippen LogP contribution in [-0.4, -0.2) is 74.8 Å². The Morgan fingerprint density at radius 1 is 1.23 bits per heavy atom. The van der Waals surface area contributed by atoms with Crippen LogP contribution in [0.3, 0.4) is 0 Å². The molecule has 186 valence electrons. The number of aromatic nitrogens is 6. The molecule has 1 amide bonds. The van der Waals surface area contributed by atoms with Gasteiger partial charge in [-0.3, -0.25) is 4.79 Å². The van der Waals surface area contributed by atoms with Crippen molar-refractivity contribution in [3.8, 4) is 11.4 Å². The summed E-state index contributed by atoms with van der Waals surface area (Å²) in [6.45, 7) is 1.36. The Morgan fingerprint density at radius 3 is 2.57 bits per heavy atom. The molecule has 0 unspecified atom stereocenters. The van der Waals surface area contributed by atoms with Crippen molar-refractivity contribution in [3.05, 3.63) is 30.2 Å². The van der Waals surface area contributed by atoms with Crippen LogP contribution in [0.25, 0.3) is 28.1 Å². The fourth-order valence-electron chi connectivity index (χ4n) is 3.40. The van der Waals surface area contributed by atoms with E-state index >= 15 is 0 Å². The molecule has 0 radical (unpaired) electrons. The molecule has 0 aliphatic heterocycles. The SMILES string of the molecule is CCS(=O)(=O)c1nn2c(NCC(=O)N(C)C)ccnc2c1-c1nc2cc(C(F)(F)F)ncc2n1C. The van der Waals surface area contributed by atoms with Crippen LogP contribution in [-0.2, 0) is 27.9 Å². The van der Waals surface area contributed by atoms with Gasteiger partial charge in [0.2, 0.25) is 5.91 Å². The second-order valence-corrected chi connectivity index (χ2v) is 10.0. The van der Waals surface area contributed by atoms with E-state index in [1.54, 1.807) is 14.1 Å². The van der Waals surface area contributed by atoms with E-state index in [1.807, 2.05) is 0 Å². The number of halogens is 3. The summed E-state index contributed by atoms with van der Waals surface area (Å²) >= 11 is 0. The summed E-state index contributed by atoms with van der Waals surface area (Å²) in [7, 11) is 0.806. The maximum Gasteiger partial charge on any atom is 0.433 e. The molecule has 0 fully saturated rings. The van der Waals surface area contributed by atoms with Crippen molar-refractivity contribution in [3.63, 3.8) is 0 Å². The van der Waals surface area contributed by atoms with Crippen molar-refractivity contribution < 1.29 is 26.4 Å².